The molecule has 0 heterocycles. The summed E-state index contributed by atoms with van der Waals surface area (Å²) in [5.74, 6) is 0. The second kappa shape index (κ2) is 7.10. The Kier molecular flexibility index (Phi) is 5.43. The van der Waals surface area contributed by atoms with Crippen molar-refractivity contribution in [1.82, 2.24) is 0 Å². The maximum absolute atomic E-state index is 6.01. The van der Waals surface area contributed by atoms with Gasteiger partial charge in [0, 0.05) is 28.4 Å². The van der Waals surface area contributed by atoms with E-state index in [0.29, 0.717) is 0 Å². The molecule has 2 aromatic rings. The van der Waals surface area contributed by atoms with Crippen LogP contribution >= 0.6 is 15.9 Å². The van der Waals surface area contributed by atoms with Crippen LogP contribution in [0, 0.1) is 6.92 Å². The molecule has 0 spiro atoms. The lowest BCUT2D eigenvalue weighted by Crippen LogP contribution is -2.22. The van der Waals surface area contributed by atoms with E-state index >= 15 is 0 Å². The number of hydrogen-bond donors (Lipinski definition) is 1. The summed E-state index contributed by atoms with van der Waals surface area (Å²) in [5, 5.41) is 0. The van der Waals surface area contributed by atoms with Crippen molar-refractivity contribution >= 4 is 27.3 Å². The van der Waals surface area contributed by atoms with E-state index < -0.39 is 0 Å². The molecule has 112 valence electrons. The van der Waals surface area contributed by atoms with Crippen LogP contribution in [-0.2, 0) is 6.42 Å². The quantitative estimate of drug-likeness (QED) is 0.841. The second-order valence-corrected chi connectivity index (χ2v) is 6.45. The molecule has 3 heteroatoms. The third-order valence-corrected chi connectivity index (χ3v) is 4.03. The van der Waals surface area contributed by atoms with Gasteiger partial charge in [-0.1, -0.05) is 33.6 Å². The fourth-order valence-electron chi connectivity index (χ4n) is 2.54. The van der Waals surface area contributed by atoms with Gasteiger partial charge in [0.15, 0.2) is 0 Å². The number of nitrogens with zero attached hydrogens (tertiary/aromatic N) is 1. The van der Waals surface area contributed by atoms with Gasteiger partial charge in [0.05, 0.1) is 0 Å². The first-order valence-electron chi connectivity index (χ1n) is 7.39. The number of rotatable bonds is 5. The highest BCUT2D eigenvalue weighted by Gasteiger charge is 2.13. The minimum absolute atomic E-state index is 0.148. The van der Waals surface area contributed by atoms with Gasteiger partial charge in [0.1, 0.15) is 0 Å². The molecule has 0 amide bonds. The molecule has 0 radical (unpaired) electrons. The van der Waals surface area contributed by atoms with Gasteiger partial charge in [-0.15, -0.1) is 0 Å². The third kappa shape index (κ3) is 4.08. The highest BCUT2D eigenvalue weighted by Crippen LogP contribution is 2.31. The van der Waals surface area contributed by atoms with Gasteiger partial charge in [-0.3, -0.25) is 0 Å². The fraction of sp³-hybridized carbons (Fsp3) is 0.333. The zero-order chi connectivity index (χ0) is 15.4. The summed E-state index contributed by atoms with van der Waals surface area (Å²) in [6.07, 6.45) is 0.872. The first kappa shape index (κ1) is 16.1. The largest absolute Gasteiger partial charge is 0.342 e. The molecule has 0 saturated heterocycles. The Morgan fingerprint density at radius 2 is 1.81 bits per heavy atom. The van der Waals surface area contributed by atoms with Gasteiger partial charge in [0.25, 0.3) is 0 Å². The van der Waals surface area contributed by atoms with E-state index in [1.54, 1.807) is 0 Å². The van der Waals surface area contributed by atoms with Crippen molar-refractivity contribution in [3.63, 3.8) is 0 Å². The van der Waals surface area contributed by atoms with Crippen LogP contribution in [-0.4, -0.2) is 12.6 Å². The second-order valence-electron chi connectivity index (χ2n) is 5.53. The van der Waals surface area contributed by atoms with Crippen molar-refractivity contribution in [2.75, 3.05) is 11.4 Å². The number of benzene rings is 2. The maximum atomic E-state index is 6.01. The molecule has 2 N–H and O–H groups in total. The first-order chi connectivity index (χ1) is 10.0. The Morgan fingerprint density at radius 3 is 2.38 bits per heavy atom. The van der Waals surface area contributed by atoms with E-state index in [1.165, 1.54) is 22.5 Å². The molecule has 1 unspecified atom stereocenters. The predicted molar refractivity (Wildman–Crippen MR) is 95.4 cm³/mol. The maximum Gasteiger partial charge on any atom is 0.0444 e. The molecule has 2 aromatic carbocycles. The number of nitrogens with two attached hydrogens (primary N) is 1. The summed E-state index contributed by atoms with van der Waals surface area (Å²) in [4.78, 5) is 2.34. The average molecular weight is 347 g/mol. The Morgan fingerprint density at radius 1 is 1.14 bits per heavy atom. The van der Waals surface area contributed by atoms with Gasteiger partial charge >= 0.3 is 0 Å². The van der Waals surface area contributed by atoms with Crippen LogP contribution in [0.15, 0.2) is 46.9 Å². The molecule has 0 bridgehead atoms. The highest BCUT2D eigenvalue weighted by atomic mass is 79.9. The van der Waals surface area contributed by atoms with Gasteiger partial charge in [-0.2, -0.15) is 0 Å². The Hall–Kier alpha value is -1.32. The molecule has 0 aromatic heterocycles. The lowest BCUT2D eigenvalue weighted by molar-refractivity contribution is 0.736. The van der Waals surface area contributed by atoms with Gasteiger partial charge in [0.2, 0.25) is 0 Å². The van der Waals surface area contributed by atoms with E-state index in [9.17, 15) is 0 Å². The molecule has 2 nitrogen and oxygen atoms in total. The van der Waals surface area contributed by atoms with Crippen LogP contribution in [0.1, 0.15) is 25.0 Å². The average Bonchev–Trinajstić information content (AvgIpc) is 2.43. The van der Waals surface area contributed by atoms with Gasteiger partial charge in [-0.05, 0) is 63.1 Å². The Bertz CT molecular complexity index is 591. The van der Waals surface area contributed by atoms with E-state index in [1.807, 2.05) is 6.92 Å². The molecule has 0 fully saturated rings. The summed E-state index contributed by atoms with van der Waals surface area (Å²) in [6.45, 7) is 7.27. The predicted octanol–water partition coefficient (Wildman–Crippen LogP) is 4.81. The van der Waals surface area contributed by atoms with Crippen molar-refractivity contribution in [3.05, 3.63) is 58.1 Å². The van der Waals surface area contributed by atoms with Gasteiger partial charge < -0.3 is 10.6 Å². The fourth-order valence-corrected chi connectivity index (χ4v) is 2.95. The summed E-state index contributed by atoms with van der Waals surface area (Å²) < 4.78 is 1.10. The van der Waals surface area contributed by atoms with E-state index in [-0.39, 0.29) is 6.04 Å². The van der Waals surface area contributed by atoms with E-state index in [2.05, 4.69) is 77.1 Å². The van der Waals surface area contributed by atoms with Crippen LogP contribution in [0.4, 0.5) is 11.4 Å². The van der Waals surface area contributed by atoms with Gasteiger partial charge in [-0.25, -0.2) is 0 Å². The summed E-state index contributed by atoms with van der Waals surface area (Å²) >= 11 is 3.56. The Labute approximate surface area is 136 Å². The number of halogens is 1. The van der Waals surface area contributed by atoms with Crippen molar-refractivity contribution in [3.8, 4) is 0 Å². The molecular weight excluding hydrogens is 324 g/mol. The molecule has 1 atom stereocenters. The van der Waals surface area contributed by atoms with Crippen molar-refractivity contribution < 1.29 is 0 Å². The zero-order valence-electron chi connectivity index (χ0n) is 12.9. The summed E-state index contributed by atoms with van der Waals surface area (Å²) in [5.41, 5.74) is 11.0. The van der Waals surface area contributed by atoms with Crippen LogP contribution in [0.2, 0.25) is 0 Å². The topological polar surface area (TPSA) is 29.3 Å². The van der Waals surface area contributed by atoms with Crippen molar-refractivity contribution in [2.24, 2.45) is 5.73 Å². The summed E-state index contributed by atoms with van der Waals surface area (Å²) in [7, 11) is 0. The van der Waals surface area contributed by atoms with Crippen LogP contribution in [0.5, 0.6) is 0 Å². The normalized spacial score (nSPS) is 12.2. The monoisotopic (exact) mass is 346 g/mol. The standard InChI is InChI=1S/C18H23BrN2/c1-4-21(17-8-5-13(2)6-9-17)18-10-7-16(19)12-15(18)11-14(3)20/h5-10,12,14H,4,11,20H2,1-3H3. The van der Waals surface area contributed by atoms with E-state index in [0.717, 1.165) is 17.4 Å². The third-order valence-electron chi connectivity index (χ3n) is 3.54. The first-order valence-corrected chi connectivity index (χ1v) is 8.18. The lowest BCUT2D eigenvalue weighted by atomic mass is 10.0. The number of hydrogen-bond acceptors (Lipinski definition) is 2. The molecular formula is C18H23BrN2. The number of anilines is 2. The van der Waals surface area contributed by atoms with E-state index in [4.69, 9.17) is 5.73 Å². The molecule has 0 saturated carbocycles. The minimum Gasteiger partial charge on any atom is -0.342 e. The summed E-state index contributed by atoms with van der Waals surface area (Å²) in [6, 6.07) is 15.3. The molecule has 0 aliphatic heterocycles. The highest BCUT2D eigenvalue weighted by molar-refractivity contribution is 9.10. The minimum atomic E-state index is 0.148. The zero-order valence-corrected chi connectivity index (χ0v) is 14.5. The molecule has 0 aliphatic carbocycles. The SMILES string of the molecule is CCN(c1ccc(C)cc1)c1ccc(Br)cc1CC(C)N. The van der Waals surface area contributed by atoms with Crippen LogP contribution < -0.4 is 10.6 Å². The van der Waals surface area contributed by atoms with Crippen LogP contribution in [0.3, 0.4) is 0 Å². The lowest BCUT2D eigenvalue weighted by Gasteiger charge is -2.27. The van der Waals surface area contributed by atoms with Crippen LogP contribution in [0.25, 0.3) is 0 Å². The Balaban J connectivity index is 2.43. The van der Waals surface area contributed by atoms with Crippen molar-refractivity contribution in [2.45, 2.75) is 33.2 Å². The smallest absolute Gasteiger partial charge is 0.0444 e. The molecule has 0 aliphatic rings. The number of aryl methyl sites for hydroxylation is 1. The molecule has 21 heavy (non-hydrogen) atoms. The van der Waals surface area contributed by atoms with Crippen molar-refractivity contribution in [1.29, 1.82) is 0 Å². The molecule has 2 rings (SSSR count).